The van der Waals surface area contributed by atoms with Gasteiger partial charge in [0, 0.05) is 23.4 Å². The number of benzene rings is 2. The van der Waals surface area contributed by atoms with E-state index in [0.717, 1.165) is 12.0 Å². The van der Waals surface area contributed by atoms with Gasteiger partial charge in [-0.25, -0.2) is 0 Å². The molecule has 0 amide bonds. The molecule has 3 rings (SSSR count). The molecule has 2 aromatic rings. The molecule has 2 aromatic carbocycles. The molecule has 0 aromatic heterocycles. The second-order valence-corrected chi connectivity index (χ2v) is 5.77. The normalized spacial score (nSPS) is 24.9. The molecular formula is C20H21N. The zero-order valence-corrected chi connectivity index (χ0v) is 12.2. The maximum absolute atomic E-state index is 6.52. The first-order valence-corrected chi connectivity index (χ1v) is 7.72. The Balaban J connectivity index is 1.77. The predicted molar refractivity (Wildman–Crippen MR) is 87.8 cm³/mol. The van der Waals surface area contributed by atoms with Crippen LogP contribution in [0.5, 0.6) is 0 Å². The topological polar surface area (TPSA) is 26.0 Å². The molecule has 106 valence electrons. The van der Waals surface area contributed by atoms with Crippen molar-refractivity contribution in [2.24, 2.45) is 11.7 Å². The fourth-order valence-electron chi connectivity index (χ4n) is 3.18. The summed E-state index contributed by atoms with van der Waals surface area (Å²) < 4.78 is 0. The SMILES string of the molecule is N[C@@H]1[C@H](C#Cc2ccccc2)CCC[C@@H]1c1ccccc1. The van der Waals surface area contributed by atoms with Crippen LogP contribution >= 0.6 is 0 Å². The molecule has 0 radical (unpaired) electrons. The number of hydrogen-bond acceptors (Lipinski definition) is 1. The van der Waals surface area contributed by atoms with Crippen LogP contribution in [0.1, 0.15) is 36.3 Å². The van der Waals surface area contributed by atoms with E-state index in [1.54, 1.807) is 0 Å². The van der Waals surface area contributed by atoms with Crippen LogP contribution in [-0.4, -0.2) is 6.04 Å². The molecule has 0 bridgehead atoms. The van der Waals surface area contributed by atoms with Crippen LogP contribution in [0, 0.1) is 17.8 Å². The molecule has 1 saturated carbocycles. The molecule has 0 unspecified atom stereocenters. The van der Waals surface area contributed by atoms with Gasteiger partial charge in [-0.1, -0.05) is 66.8 Å². The second kappa shape index (κ2) is 6.61. The Morgan fingerprint density at radius 3 is 2.24 bits per heavy atom. The van der Waals surface area contributed by atoms with Crippen molar-refractivity contribution in [3.05, 3.63) is 71.8 Å². The van der Waals surface area contributed by atoms with E-state index >= 15 is 0 Å². The minimum atomic E-state index is 0.136. The summed E-state index contributed by atoms with van der Waals surface area (Å²) in [7, 11) is 0. The number of nitrogens with two attached hydrogens (primary N) is 1. The lowest BCUT2D eigenvalue weighted by atomic mass is 9.74. The molecular weight excluding hydrogens is 254 g/mol. The third-order valence-corrected chi connectivity index (χ3v) is 4.36. The van der Waals surface area contributed by atoms with Gasteiger partial charge in [-0.3, -0.25) is 0 Å². The van der Waals surface area contributed by atoms with E-state index in [1.165, 1.54) is 18.4 Å². The van der Waals surface area contributed by atoms with Crippen LogP contribution < -0.4 is 5.73 Å². The predicted octanol–water partition coefficient (Wildman–Crippen LogP) is 3.95. The summed E-state index contributed by atoms with van der Waals surface area (Å²) in [5.41, 5.74) is 8.95. The quantitative estimate of drug-likeness (QED) is 0.784. The molecule has 0 saturated heterocycles. The van der Waals surface area contributed by atoms with Crippen molar-refractivity contribution in [1.82, 2.24) is 0 Å². The summed E-state index contributed by atoms with van der Waals surface area (Å²) in [6.45, 7) is 0. The van der Waals surface area contributed by atoms with Crippen molar-refractivity contribution in [2.45, 2.75) is 31.2 Å². The minimum Gasteiger partial charge on any atom is -0.326 e. The van der Waals surface area contributed by atoms with Crippen molar-refractivity contribution in [3.63, 3.8) is 0 Å². The van der Waals surface area contributed by atoms with E-state index in [4.69, 9.17) is 5.73 Å². The van der Waals surface area contributed by atoms with Crippen LogP contribution in [-0.2, 0) is 0 Å². The third-order valence-electron chi connectivity index (χ3n) is 4.36. The number of hydrogen-bond donors (Lipinski definition) is 1. The van der Waals surface area contributed by atoms with E-state index in [0.29, 0.717) is 11.8 Å². The van der Waals surface area contributed by atoms with Gasteiger partial charge in [0.1, 0.15) is 0 Å². The molecule has 0 heterocycles. The summed E-state index contributed by atoms with van der Waals surface area (Å²) in [5, 5.41) is 0. The van der Waals surface area contributed by atoms with E-state index in [2.05, 4.69) is 54.3 Å². The van der Waals surface area contributed by atoms with Crippen molar-refractivity contribution in [2.75, 3.05) is 0 Å². The van der Waals surface area contributed by atoms with Crippen LogP contribution in [0.25, 0.3) is 0 Å². The molecule has 21 heavy (non-hydrogen) atoms. The van der Waals surface area contributed by atoms with E-state index in [9.17, 15) is 0 Å². The summed E-state index contributed by atoms with van der Waals surface area (Å²) in [6.07, 6.45) is 3.50. The molecule has 0 spiro atoms. The minimum absolute atomic E-state index is 0.136. The smallest absolute Gasteiger partial charge is 0.0363 e. The van der Waals surface area contributed by atoms with E-state index in [1.807, 2.05) is 18.2 Å². The fraction of sp³-hybridized carbons (Fsp3) is 0.300. The molecule has 2 N–H and O–H groups in total. The molecule has 1 nitrogen and oxygen atoms in total. The van der Waals surface area contributed by atoms with Crippen molar-refractivity contribution >= 4 is 0 Å². The average molecular weight is 275 g/mol. The Labute approximate surface area is 127 Å². The van der Waals surface area contributed by atoms with Crippen LogP contribution in [0.3, 0.4) is 0 Å². The highest BCUT2D eigenvalue weighted by atomic mass is 14.7. The van der Waals surface area contributed by atoms with Gasteiger partial charge in [0.2, 0.25) is 0 Å². The van der Waals surface area contributed by atoms with Crippen LogP contribution in [0.15, 0.2) is 60.7 Å². The third kappa shape index (κ3) is 3.35. The molecule has 1 heteroatoms. The van der Waals surface area contributed by atoms with Gasteiger partial charge in [0.15, 0.2) is 0 Å². The molecule has 1 aliphatic rings. The standard InChI is InChI=1S/C20H21N/c21-20-18(15-14-16-8-3-1-4-9-16)12-7-13-19(20)17-10-5-2-6-11-17/h1-6,8-11,18-20H,7,12-13,21H2/t18-,19+,20+/m0/s1. The maximum Gasteiger partial charge on any atom is 0.0363 e. The van der Waals surface area contributed by atoms with Gasteiger partial charge in [0.25, 0.3) is 0 Å². The average Bonchev–Trinajstić information content (AvgIpc) is 2.56. The van der Waals surface area contributed by atoms with Gasteiger partial charge in [-0.05, 0) is 30.5 Å². The van der Waals surface area contributed by atoms with E-state index in [-0.39, 0.29) is 6.04 Å². The first kappa shape index (κ1) is 13.9. The van der Waals surface area contributed by atoms with Crippen LogP contribution in [0.4, 0.5) is 0 Å². The van der Waals surface area contributed by atoms with Crippen molar-refractivity contribution in [3.8, 4) is 11.8 Å². The summed E-state index contributed by atoms with van der Waals surface area (Å²) in [5.74, 6) is 7.43. The molecule has 1 fully saturated rings. The lowest BCUT2D eigenvalue weighted by molar-refractivity contribution is 0.326. The first-order chi connectivity index (χ1) is 10.3. The number of rotatable bonds is 1. The van der Waals surface area contributed by atoms with Crippen LogP contribution in [0.2, 0.25) is 0 Å². The lowest BCUT2D eigenvalue weighted by Crippen LogP contribution is -2.38. The lowest BCUT2D eigenvalue weighted by Gasteiger charge is -2.33. The Morgan fingerprint density at radius 2 is 1.52 bits per heavy atom. The van der Waals surface area contributed by atoms with Gasteiger partial charge in [-0.15, -0.1) is 0 Å². The second-order valence-electron chi connectivity index (χ2n) is 5.77. The monoisotopic (exact) mass is 275 g/mol. The van der Waals surface area contributed by atoms with Gasteiger partial charge < -0.3 is 5.73 Å². The van der Waals surface area contributed by atoms with Gasteiger partial charge >= 0.3 is 0 Å². The fourth-order valence-corrected chi connectivity index (χ4v) is 3.18. The van der Waals surface area contributed by atoms with Crippen molar-refractivity contribution in [1.29, 1.82) is 0 Å². The summed E-state index contributed by atoms with van der Waals surface area (Å²) >= 11 is 0. The highest BCUT2D eigenvalue weighted by molar-refractivity contribution is 5.35. The largest absolute Gasteiger partial charge is 0.326 e. The molecule has 0 aliphatic heterocycles. The van der Waals surface area contributed by atoms with Crippen molar-refractivity contribution < 1.29 is 0 Å². The molecule has 1 aliphatic carbocycles. The highest BCUT2D eigenvalue weighted by Crippen LogP contribution is 2.35. The Hall–Kier alpha value is -2.04. The Morgan fingerprint density at radius 1 is 0.857 bits per heavy atom. The summed E-state index contributed by atoms with van der Waals surface area (Å²) in [6, 6.07) is 20.9. The van der Waals surface area contributed by atoms with Gasteiger partial charge in [0.05, 0.1) is 0 Å². The zero-order chi connectivity index (χ0) is 14.5. The first-order valence-electron chi connectivity index (χ1n) is 7.72. The molecule has 3 atom stereocenters. The Bertz CT molecular complexity index is 621. The van der Waals surface area contributed by atoms with Gasteiger partial charge in [-0.2, -0.15) is 0 Å². The zero-order valence-electron chi connectivity index (χ0n) is 12.2. The highest BCUT2D eigenvalue weighted by Gasteiger charge is 2.30. The summed E-state index contributed by atoms with van der Waals surface area (Å²) in [4.78, 5) is 0. The maximum atomic E-state index is 6.52. The van der Waals surface area contributed by atoms with E-state index < -0.39 is 0 Å². The Kier molecular flexibility index (Phi) is 4.38.